The predicted molar refractivity (Wildman–Crippen MR) is 106 cm³/mol. The summed E-state index contributed by atoms with van der Waals surface area (Å²) in [4.78, 5) is 39.0. The molecule has 0 saturated carbocycles. The number of hydrogen-bond donors (Lipinski definition) is 3. The van der Waals surface area contributed by atoms with Crippen molar-refractivity contribution in [1.82, 2.24) is 20.9 Å². The summed E-state index contributed by atoms with van der Waals surface area (Å²) in [5, 5.41) is 8.32. The van der Waals surface area contributed by atoms with E-state index in [-0.39, 0.29) is 23.4 Å². The van der Waals surface area contributed by atoms with Crippen LogP contribution in [0.4, 0.5) is 9.18 Å². The highest BCUT2D eigenvalue weighted by Gasteiger charge is 2.33. The van der Waals surface area contributed by atoms with Gasteiger partial charge in [-0.2, -0.15) is 0 Å². The molecule has 2 rings (SSSR count). The molecule has 0 aliphatic carbocycles. The Bertz CT molecular complexity index is 690. The lowest BCUT2D eigenvalue weighted by atomic mass is 9.88. The third kappa shape index (κ3) is 6.70. The van der Waals surface area contributed by atoms with Crippen LogP contribution >= 0.6 is 0 Å². The number of hydrogen-bond acceptors (Lipinski definition) is 4. The van der Waals surface area contributed by atoms with Gasteiger partial charge in [0.25, 0.3) is 5.91 Å². The van der Waals surface area contributed by atoms with Crippen LogP contribution in [-0.4, -0.2) is 68.7 Å². The van der Waals surface area contributed by atoms with Crippen LogP contribution < -0.4 is 16.0 Å². The minimum absolute atomic E-state index is 0.118. The van der Waals surface area contributed by atoms with E-state index in [2.05, 4.69) is 16.0 Å². The molecule has 0 radical (unpaired) electrons. The third-order valence-electron chi connectivity index (χ3n) is 4.91. The fourth-order valence-electron chi connectivity index (χ4n) is 3.31. The second-order valence-electron chi connectivity index (χ2n) is 6.90. The Morgan fingerprint density at radius 3 is 2.41 bits per heavy atom. The first-order chi connectivity index (χ1) is 14.0. The molecule has 1 unspecified atom stereocenters. The van der Waals surface area contributed by atoms with Crippen molar-refractivity contribution in [2.24, 2.45) is 5.92 Å². The molecule has 1 aromatic rings. The van der Waals surface area contributed by atoms with Gasteiger partial charge in [-0.1, -0.05) is 0 Å². The van der Waals surface area contributed by atoms with Crippen molar-refractivity contribution in [3.63, 3.8) is 0 Å². The van der Waals surface area contributed by atoms with Gasteiger partial charge in [0, 0.05) is 38.9 Å². The maximum atomic E-state index is 13.1. The number of ether oxygens (including phenoxy) is 1. The van der Waals surface area contributed by atoms with Crippen LogP contribution in [0.3, 0.4) is 0 Å². The lowest BCUT2D eigenvalue weighted by Gasteiger charge is -2.35. The molecular weight excluding hydrogens is 379 g/mol. The Morgan fingerprint density at radius 2 is 1.83 bits per heavy atom. The van der Waals surface area contributed by atoms with E-state index in [9.17, 15) is 18.8 Å². The summed E-state index contributed by atoms with van der Waals surface area (Å²) in [6.45, 7) is 4.11. The van der Waals surface area contributed by atoms with Crippen molar-refractivity contribution in [2.75, 3.05) is 39.9 Å². The Hall–Kier alpha value is -2.68. The molecule has 0 spiro atoms. The number of benzene rings is 1. The van der Waals surface area contributed by atoms with Crippen LogP contribution in [0.15, 0.2) is 24.3 Å². The highest BCUT2D eigenvalue weighted by Crippen LogP contribution is 2.21. The van der Waals surface area contributed by atoms with Gasteiger partial charge in [-0.3, -0.25) is 9.59 Å². The van der Waals surface area contributed by atoms with Gasteiger partial charge in [0.1, 0.15) is 11.9 Å². The van der Waals surface area contributed by atoms with E-state index in [1.54, 1.807) is 4.90 Å². The van der Waals surface area contributed by atoms with Crippen molar-refractivity contribution in [2.45, 2.75) is 25.8 Å². The van der Waals surface area contributed by atoms with Crippen LogP contribution in [0.1, 0.15) is 30.1 Å². The predicted octanol–water partition coefficient (Wildman–Crippen LogP) is 1.13. The number of nitrogens with one attached hydrogen (secondary N) is 3. The van der Waals surface area contributed by atoms with Crippen LogP contribution in [0.2, 0.25) is 0 Å². The fourth-order valence-corrected chi connectivity index (χ4v) is 3.31. The van der Waals surface area contributed by atoms with E-state index in [4.69, 9.17) is 4.74 Å². The van der Waals surface area contributed by atoms with E-state index in [1.807, 2.05) is 6.92 Å². The average Bonchev–Trinajstić information content (AvgIpc) is 2.72. The summed E-state index contributed by atoms with van der Waals surface area (Å²) >= 11 is 0. The summed E-state index contributed by atoms with van der Waals surface area (Å²) in [7, 11) is 1.54. The van der Waals surface area contributed by atoms with Crippen LogP contribution in [0.5, 0.6) is 0 Å². The quantitative estimate of drug-likeness (QED) is 0.562. The molecular formula is C20H29FN4O4. The zero-order valence-corrected chi connectivity index (χ0v) is 16.9. The molecule has 0 aromatic heterocycles. The summed E-state index contributed by atoms with van der Waals surface area (Å²) in [5.74, 6) is -1.29. The van der Waals surface area contributed by atoms with E-state index >= 15 is 0 Å². The van der Waals surface area contributed by atoms with Crippen LogP contribution in [-0.2, 0) is 9.53 Å². The largest absolute Gasteiger partial charge is 0.383 e. The monoisotopic (exact) mass is 408 g/mol. The van der Waals surface area contributed by atoms with Gasteiger partial charge < -0.3 is 25.6 Å². The standard InChI is InChI=1S/C20H29FN4O4/c1-3-22-20(28)25-11-8-14(9-12-25)17(19(27)23-10-13-29-2)24-18(26)15-4-6-16(21)7-5-15/h4-7,14,17H,3,8-13H2,1-2H3,(H,22,28)(H,23,27)(H,24,26). The molecule has 1 saturated heterocycles. The number of urea groups is 1. The molecule has 1 aliphatic rings. The number of nitrogens with zero attached hydrogens (tertiary/aromatic N) is 1. The molecule has 29 heavy (non-hydrogen) atoms. The van der Waals surface area contributed by atoms with Gasteiger partial charge in [0.05, 0.1) is 6.61 Å². The normalized spacial score (nSPS) is 15.5. The number of halogens is 1. The van der Waals surface area contributed by atoms with E-state index in [1.165, 1.54) is 31.4 Å². The van der Waals surface area contributed by atoms with Crippen molar-refractivity contribution < 1.29 is 23.5 Å². The molecule has 160 valence electrons. The lowest BCUT2D eigenvalue weighted by molar-refractivity contribution is -0.124. The third-order valence-corrected chi connectivity index (χ3v) is 4.91. The van der Waals surface area contributed by atoms with Gasteiger partial charge in [0.2, 0.25) is 5.91 Å². The number of amides is 4. The Balaban J connectivity index is 2.05. The number of carbonyl (C=O) groups is 3. The van der Waals surface area contributed by atoms with E-state index < -0.39 is 17.8 Å². The topological polar surface area (TPSA) is 99.8 Å². The summed E-state index contributed by atoms with van der Waals surface area (Å²) in [5.41, 5.74) is 0.279. The minimum Gasteiger partial charge on any atom is -0.383 e. The number of methoxy groups -OCH3 is 1. The first kappa shape index (κ1) is 22.6. The highest BCUT2D eigenvalue weighted by molar-refractivity contribution is 5.97. The minimum atomic E-state index is -0.749. The SMILES string of the molecule is CCNC(=O)N1CCC(C(NC(=O)c2ccc(F)cc2)C(=O)NCCOC)CC1. The Labute approximate surface area is 170 Å². The molecule has 4 amide bonds. The molecule has 0 bridgehead atoms. The van der Waals surface area contributed by atoms with Crippen LogP contribution in [0, 0.1) is 11.7 Å². The summed E-state index contributed by atoms with van der Waals surface area (Å²) in [6.07, 6.45) is 1.17. The number of piperidine rings is 1. The molecule has 1 aromatic carbocycles. The fraction of sp³-hybridized carbons (Fsp3) is 0.550. The maximum absolute atomic E-state index is 13.1. The van der Waals surface area contributed by atoms with Gasteiger partial charge in [-0.15, -0.1) is 0 Å². The van der Waals surface area contributed by atoms with Crippen molar-refractivity contribution in [1.29, 1.82) is 0 Å². The Morgan fingerprint density at radius 1 is 1.17 bits per heavy atom. The Kier molecular flexibility index (Phi) is 8.85. The second-order valence-corrected chi connectivity index (χ2v) is 6.90. The summed E-state index contributed by atoms with van der Waals surface area (Å²) in [6, 6.07) is 4.29. The zero-order chi connectivity index (χ0) is 21.2. The van der Waals surface area contributed by atoms with Crippen molar-refractivity contribution in [3.8, 4) is 0 Å². The van der Waals surface area contributed by atoms with Gasteiger partial charge in [-0.05, 0) is 49.9 Å². The first-order valence-electron chi connectivity index (χ1n) is 9.82. The van der Waals surface area contributed by atoms with E-state index in [0.29, 0.717) is 45.6 Å². The smallest absolute Gasteiger partial charge is 0.317 e. The molecule has 9 heteroatoms. The maximum Gasteiger partial charge on any atom is 0.317 e. The second kappa shape index (κ2) is 11.4. The number of rotatable bonds is 8. The molecule has 8 nitrogen and oxygen atoms in total. The zero-order valence-electron chi connectivity index (χ0n) is 16.9. The summed E-state index contributed by atoms with van der Waals surface area (Å²) < 4.78 is 18.1. The van der Waals surface area contributed by atoms with Gasteiger partial charge >= 0.3 is 6.03 Å². The van der Waals surface area contributed by atoms with Crippen LogP contribution in [0.25, 0.3) is 0 Å². The molecule has 1 heterocycles. The number of likely N-dealkylation sites (tertiary alicyclic amines) is 1. The highest BCUT2D eigenvalue weighted by atomic mass is 19.1. The van der Waals surface area contributed by atoms with Gasteiger partial charge in [-0.25, -0.2) is 9.18 Å². The van der Waals surface area contributed by atoms with Crippen molar-refractivity contribution >= 4 is 17.8 Å². The molecule has 1 atom stereocenters. The lowest BCUT2D eigenvalue weighted by Crippen LogP contribution is -2.54. The van der Waals surface area contributed by atoms with Gasteiger partial charge in [0.15, 0.2) is 0 Å². The number of carbonyl (C=O) groups excluding carboxylic acids is 3. The average molecular weight is 408 g/mol. The first-order valence-corrected chi connectivity index (χ1v) is 9.82. The molecule has 1 fully saturated rings. The van der Waals surface area contributed by atoms with E-state index in [0.717, 1.165) is 0 Å². The van der Waals surface area contributed by atoms with Crippen molar-refractivity contribution in [3.05, 3.63) is 35.6 Å². The molecule has 1 aliphatic heterocycles. The molecule has 3 N–H and O–H groups in total.